The molecule has 2 heterocycles. The quantitative estimate of drug-likeness (QED) is 0.549. The van der Waals surface area contributed by atoms with Crippen LogP contribution in [0.25, 0.3) is 17.4 Å². The van der Waals surface area contributed by atoms with Crippen LogP contribution in [0.2, 0.25) is 0 Å². The topological polar surface area (TPSA) is 50.5 Å². The number of imide groups is 1. The highest BCUT2D eigenvalue weighted by atomic mass is 32.2. The molecule has 0 radical (unpaired) electrons. The number of rotatable bonds is 4. The average molecular weight is 397 g/mol. The number of carbonyl (C=O) groups excluding carboxylic acids is 2. The minimum atomic E-state index is -0.442. The molecule has 28 heavy (non-hydrogen) atoms. The van der Waals surface area contributed by atoms with Gasteiger partial charge in [-0.3, -0.25) is 14.5 Å². The standard InChI is InChI=1S/C21H13F2NO3S/c22-15-6-4-13(5-7-15)12-24-20(25)19(28-21(24)26)11-17-8-9-18(27-17)14-2-1-3-16(23)10-14/h1-11H,12H2/b19-11-. The fourth-order valence-corrected chi connectivity index (χ4v) is 3.58. The molecule has 0 saturated carbocycles. The van der Waals surface area contributed by atoms with Crippen LogP contribution < -0.4 is 0 Å². The summed E-state index contributed by atoms with van der Waals surface area (Å²) in [6, 6.07) is 14.9. The number of hydrogen-bond acceptors (Lipinski definition) is 4. The van der Waals surface area contributed by atoms with Gasteiger partial charge in [0, 0.05) is 11.6 Å². The lowest BCUT2D eigenvalue weighted by molar-refractivity contribution is -0.123. The van der Waals surface area contributed by atoms with E-state index in [0.717, 1.165) is 16.7 Å². The molecule has 2 aromatic carbocycles. The van der Waals surface area contributed by atoms with Crippen molar-refractivity contribution in [2.75, 3.05) is 0 Å². The van der Waals surface area contributed by atoms with Gasteiger partial charge in [-0.25, -0.2) is 8.78 Å². The first kappa shape index (κ1) is 18.2. The fourth-order valence-electron chi connectivity index (χ4n) is 2.77. The maximum Gasteiger partial charge on any atom is 0.293 e. The number of halogens is 2. The van der Waals surface area contributed by atoms with E-state index in [-0.39, 0.29) is 23.1 Å². The van der Waals surface area contributed by atoms with Crippen LogP contribution >= 0.6 is 11.8 Å². The highest BCUT2D eigenvalue weighted by Crippen LogP contribution is 2.34. The van der Waals surface area contributed by atoms with Gasteiger partial charge in [-0.1, -0.05) is 24.3 Å². The second-order valence-electron chi connectivity index (χ2n) is 6.11. The minimum Gasteiger partial charge on any atom is -0.457 e. The van der Waals surface area contributed by atoms with Crippen molar-refractivity contribution < 1.29 is 22.8 Å². The zero-order chi connectivity index (χ0) is 19.7. The first-order valence-electron chi connectivity index (χ1n) is 8.35. The second kappa shape index (κ2) is 7.44. The van der Waals surface area contributed by atoms with Crippen molar-refractivity contribution in [3.05, 3.63) is 88.5 Å². The first-order chi connectivity index (χ1) is 13.5. The van der Waals surface area contributed by atoms with Crippen molar-refractivity contribution in [3.63, 3.8) is 0 Å². The van der Waals surface area contributed by atoms with Crippen LogP contribution in [0.5, 0.6) is 0 Å². The zero-order valence-electron chi connectivity index (χ0n) is 14.4. The SMILES string of the molecule is O=C1S/C(=C\c2ccc(-c3cccc(F)c3)o2)C(=O)N1Cc1ccc(F)cc1. The first-order valence-corrected chi connectivity index (χ1v) is 9.17. The van der Waals surface area contributed by atoms with Gasteiger partial charge in [0.1, 0.15) is 23.2 Å². The summed E-state index contributed by atoms with van der Waals surface area (Å²) in [4.78, 5) is 26.1. The summed E-state index contributed by atoms with van der Waals surface area (Å²) in [5.41, 5.74) is 1.22. The van der Waals surface area contributed by atoms with E-state index < -0.39 is 11.1 Å². The van der Waals surface area contributed by atoms with Crippen molar-refractivity contribution in [1.29, 1.82) is 0 Å². The smallest absolute Gasteiger partial charge is 0.293 e. The van der Waals surface area contributed by atoms with Crippen molar-refractivity contribution in [1.82, 2.24) is 4.90 Å². The molecule has 0 bridgehead atoms. The van der Waals surface area contributed by atoms with Crippen LogP contribution in [0.15, 0.2) is 70.0 Å². The van der Waals surface area contributed by atoms with Gasteiger partial charge in [-0.05, 0) is 53.7 Å². The van der Waals surface area contributed by atoms with Gasteiger partial charge in [0.25, 0.3) is 11.1 Å². The molecule has 0 aliphatic carbocycles. The van der Waals surface area contributed by atoms with Crippen LogP contribution in [-0.2, 0) is 11.3 Å². The third-order valence-electron chi connectivity index (χ3n) is 4.14. The highest BCUT2D eigenvalue weighted by molar-refractivity contribution is 8.18. The van der Waals surface area contributed by atoms with Crippen molar-refractivity contribution in [3.8, 4) is 11.3 Å². The Hall–Kier alpha value is -3.19. The summed E-state index contributed by atoms with van der Waals surface area (Å²) in [6.45, 7) is 0.0645. The fraction of sp³-hybridized carbons (Fsp3) is 0.0476. The zero-order valence-corrected chi connectivity index (χ0v) is 15.2. The predicted octanol–water partition coefficient (Wildman–Crippen LogP) is 5.46. The van der Waals surface area contributed by atoms with E-state index in [4.69, 9.17) is 4.42 Å². The highest BCUT2D eigenvalue weighted by Gasteiger charge is 2.35. The molecule has 1 aromatic heterocycles. The average Bonchev–Trinajstić information content (AvgIpc) is 3.24. The van der Waals surface area contributed by atoms with E-state index in [0.29, 0.717) is 22.6 Å². The van der Waals surface area contributed by atoms with Crippen molar-refractivity contribution >= 4 is 29.0 Å². The van der Waals surface area contributed by atoms with Gasteiger partial charge >= 0.3 is 0 Å². The Morgan fingerprint density at radius 3 is 2.50 bits per heavy atom. The molecular weight excluding hydrogens is 384 g/mol. The largest absolute Gasteiger partial charge is 0.457 e. The molecule has 1 fully saturated rings. The molecule has 2 amide bonds. The Morgan fingerprint density at radius 2 is 1.75 bits per heavy atom. The Morgan fingerprint density at radius 1 is 0.964 bits per heavy atom. The summed E-state index contributed by atoms with van der Waals surface area (Å²) < 4.78 is 32.0. The van der Waals surface area contributed by atoms with Crippen LogP contribution in [0.3, 0.4) is 0 Å². The van der Waals surface area contributed by atoms with Gasteiger partial charge in [-0.2, -0.15) is 0 Å². The molecule has 1 aliphatic rings. The molecule has 1 aliphatic heterocycles. The van der Waals surface area contributed by atoms with Crippen molar-refractivity contribution in [2.24, 2.45) is 0 Å². The second-order valence-corrected chi connectivity index (χ2v) is 7.10. The maximum absolute atomic E-state index is 13.4. The van der Waals surface area contributed by atoms with Gasteiger partial charge < -0.3 is 4.42 Å². The molecule has 0 unspecified atom stereocenters. The van der Waals surface area contributed by atoms with Crippen LogP contribution in [0, 0.1) is 11.6 Å². The molecule has 4 nitrogen and oxygen atoms in total. The lowest BCUT2D eigenvalue weighted by Gasteiger charge is -2.12. The van der Waals surface area contributed by atoms with Gasteiger partial charge in [0.15, 0.2) is 0 Å². The monoisotopic (exact) mass is 397 g/mol. The van der Waals surface area contributed by atoms with E-state index in [1.165, 1.54) is 42.5 Å². The molecular formula is C21H13F2NO3S. The summed E-state index contributed by atoms with van der Waals surface area (Å²) in [6.07, 6.45) is 1.48. The lowest BCUT2D eigenvalue weighted by Crippen LogP contribution is -2.27. The van der Waals surface area contributed by atoms with Crippen LogP contribution in [0.1, 0.15) is 11.3 Å². The maximum atomic E-state index is 13.4. The molecule has 4 rings (SSSR count). The number of nitrogens with zero attached hydrogens (tertiary/aromatic N) is 1. The van der Waals surface area contributed by atoms with Crippen LogP contribution in [-0.4, -0.2) is 16.0 Å². The predicted molar refractivity (Wildman–Crippen MR) is 102 cm³/mol. The van der Waals surface area contributed by atoms with E-state index >= 15 is 0 Å². The van der Waals surface area contributed by atoms with Gasteiger partial charge in [0.2, 0.25) is 0 Å². The Bertz CT molecular complexity index is 1090. The Labute approximate surface area is 163 Å². The molecule has 140 valence electrons. The third-order valence-corrected chi connectivity index (χ3v) is 5.04. The summed E-state index contributed by atoms with van der Waals surface area (Å²) in [5, 5.41) is -0.405. The molecule has 0 spiro atoms. The van der Waals surface area contributed by atoms with E-state index in [1.807, 2.05) is 0 Å². The summed E-state index contributed by atoms with van der Waals surface area (Å²) in [7, 11) is 0. The Balaban J connectivity index is 1.53. The number of thioether (sulfide) groups is 1. The van der Waals surface area contributed by atoms with Crippen LogP contribution in [0.4, 0.5) is 13.6 Å². The molecule has 7 heteroatoms. The van der Waals surface area contributed by atoms with Gasteiger partial charge in [0.05, 0.1) is 11.4 Å². The van der Waals surface area contributed by atoms with Gasteiger partial charge in [-0.15, -0.1) is 0 Å². The number of amides is 2. The number of benzene rings is 2. The molecule has 1 saturated heterocycles. The Kier molecular flexibility index (Phi) is 4.83. The van der Waals surface area contributed by atoms with Crippen molar-refractivity contribution in [2.45, 2.75) is 6.54 Å². The third kappa shape index (κ3) is 3.75. The van der Waals surface area contributed by atoms with E-state index in [2.05, 4.69) is 0 Å². The lowest BCUT2D eigenvalue weighted by atomic mass is 10.2. The normalized spacial score (nSPS) is 15.6. The number of carbonyl (C=O) groups is 2. The molecule has 3 aromatic rings. The molecule has 0 N–H and O–H groups in total. The van der Waals surface area contributed by atoms with E-state index in [1.54, 1.807) is 24.3 Å². The minimum absolute atomic E-state index is 0.0645. The number of furan rings is 1. The summed E-state index contributed by atoms with van der Waals surface area (Å²) >= 11 is 0.811. The van der Waals surface area contributed by atoms with E-state index in [9.17, 15) is 18.4 Å². The summed E-state index contributed by atoms with van der Waals surface area (Å²) in [5.74, 6) is -0.368. The number of hydrogen-bond donors (Lipinski definition) is 0. The molecule has 0 atom stereocenters.